The monoisotopic (exact) mass is 375 g/mol. The lowest BCUT2D eigenvalue weighted by molar-refractivity contribution is -0.122. The van der Waals surface area contributed by atoms with E-state index in [1.807, 2.05) is 43.5 Å². The van der Waals surface area contributed by atoms with Gasteiger partial charge in [0.1, 0.15) is 0 Å². The molecule has 6 heteroatoms. The van der Waals surface area contributed by atoms with Gasteiger partial charge < -0.3 is 9.64 Å². The molecule has 3 rings (SSSR count). The highest BCUT2D eigenvalue weighted by molar-refractivity contribution is 7.98. The number of rotatable bonds is 4. The van der Waals surface area contributed by atoms with E-state index in [-0.39, 0.29) is 24.1 Å². The number of esters is 1. The average molecular weight is 376 g/mol. The quantitative estimate of drug-likeness (QED) is 0.593. The number of amides is 1. The number of para-hydroxylation sites is 1. The van der Waals surface area contributed by atoms with Gasteiger partial charge in [-0.1, -0.05) is 29.8 Å². The molecule has 0 aliphatic carbocycles. The fourth-order valence-electron chi connectivity index (χ4n) is 3.01. The number of thioether (sulfide) groups is 1. The van der Waals surface area contributed by atoms with Crippen LogP contribution in [0.15, 0.2) is 47.4 Å². The molecule has 0 radical (unpaired) electrons. The maximum atomic E-state index is 12.6. The van der Waals surface area contributed by atoms with Crippen molar-refractivity contribution in [3.63, 3.8) is 0 Å². The van der Waals surface area contributed by atoms with Crippen LogP contribution in [0.2, 0.25) is 5.02 Å². The van der Waals surface area contributed by atoms with Crippen LogP contribution in [0, 0.1) is 0 Å². The predicted octanol–water partition coefficient (Wildman–Crippen LogP) is 4.20. The first-order valence-corrected chi connectivity index (χ1v) is 9.52. The average Bonchev–Trinajstić information content (AvgIpc) is 2.95. The molecule has 1 aliphatic rings. The minimum atomic E-state index is -0.589. The molecule has 25 heavy (non-hydrogen) atoms. The lowest BCUT2D eigenvalue weighted by Gasteiger charge is -2.22. The van der Waals surface area contributed by atoms with E-state index in [1.165, 1.54) is 11.8 Å². The molecule has 0 N–H and O–H groups in total. The van der Waals surface area contributed by atoms with E-state index < -0.39 is 5.97 Å². The van der Waals surface area contributed by atoms with Crippen molar-refractivity contribution in [3.05, 3.63) is 58.6 Å². The second kappa shape index (κ2) is 7.50. The highest BCUT2D eigenvalue weighted by Crippen LogP contribution is 2.32. The van der Waals surface area contributed by atoms with Crippen molar-refractivity contribution in [3.8, 4) is 0 Å². The summed E-state index contributed by atoms with van der Waals surface area (Å²) in [5.41, 5.74) is 2.29. The van der Waals surface area contributed by atoms with E-state index >= 15 is 0 Å². The zero-order valence-corrected chi connectivity index (χ0v) is 15.6. The number of carbonyl (C=O) groups is 2. The minimum absolute atomic E-state index is 0.0482. The molecule has 0 saturated heterocycles. The lowest BCUT2D eigenvalue weighted by Crippen LogP contribution is -2.38. The van der Waals surface area contributed by atoms with Crippen LogP contribution in [0.25, 0.3) is 0 Å². The first kappa shape index (κ1) is 17.8. The summed E-state index contributed by atoms with van der Waals surface area (Å²) < 4.78 is 5.22. The van der Waals surface area contributed by atoms with Gasteiger partial charge in [0.25, 0.3) is 5.91 Å². The number of halogens is 1. The Morgan fingerprint density at radius 3 is 2.80 bits per heavy atom. The van der Waals surface area contributed by atoms with Crippen molar-refractivity contribution in [2.45, 2.75) is 24.3 Å². The van der Waals surface area contributed by atoms with Crippen LogP contribution < -0.4 is 4.90 Å². The number of fused-ring (bicyclic) bond motifs is 1. The van der Waals surface area contributed by atoms with Gasteiger partial charge in [0.05, 0.1) is 10.6 Å². The Hall–Kier alpha value is -1.98. The lowest BCUT2D eigenvalue weighted by atomic mass is 10.1. The van der Waals surface area contributed by atoms with Gasteiger partial charge in [-0.15, -0.1) is 11.8 Å². The first-order valence-electron chi connectivity index (χ1n) is 7.92. The van der Waals surface area contributed by atoms with E-state index in [2.05, 4.69) is 0 Å². The normalized spacial score (nSPS) is 15.8. The van der Waals surface area contributed by atoms with Crippen LogP contribution in [-0.2, 0) is 16.0 Å². The van der Waals surface area contributed by atoms with Gasteiger partial charge in [-0.3, -0.25) is 4.79 Å². The Morgan fingerprint density at radius 2 is 2.04 bits per heavy atom. The molecule has 2 aromatic rings. The topological polar surface area (TPSA) is 46.6 Å². The summed E-state index contributed by atoms with van der Waals surface area (Å²) in [4.78, 5) is 27.5. The third-order valence-electron chi connectivity index (χ3n) is 4.20. The third-order valence-corrected chi connectivity index (χ3v) is 5.25. The van der Waals surface area contributed by atoms with Crippen LogP contribution in [0.4, 0.5) is 5.69 Å². The number of benzene rings is 2. The van der Waals surface area contributed by atoms with E-state index in [9.17, 15) is 9.59 Å². The highest BCUT2D eigenvalue weighted by Gasteiger charge is 2.31. The number of hydrogen-bond acceptors (Lipinski definition) is 4. The molecule has 4 nitrogen and oxygen atoms in total. The Labute approximate surface area is 156 Å². The van der Waals surface area contributed by atoms with Crippen LogP contribution in [0.3, 0.4) is 0 Å². The van der Waals surface area contributed by atoms with Crippen molar-refractivity contribution in [1.82, 2.24) is 0 Å². The molecule has 1 heterocycles. The van der Waals surface area contributed by atoms with Crippen molar-refractivity contribution in [2.24, 2.45) is 0 Å². The maximum Gasteiger partial charge on any atom is 0.340 e. The standard InChI is InChI=1S/C19H18ClNO3S/c1-12-9-13-5-3-4-6-17(13)21(12)18(22)11-24-19(23)15-10-14(25-2)7-8-16(15)20/h3-8,10,12H,9,11H2,1-2H3/t12-/m0/s1. The molecule has 0 saturated carbocycles. The second-order valence-electron chi connectivity index (χ2n) is 5.87. The van der Waals surface area contributed by atoms with Gasteiger partial charge >= 0.3 is 5.97 Å². The van der Waals surface area contributed by atoms with E-state index in [4.69, 9.17) is 16.3 Å². The van der Waals surface area contributed by atoms with Gasteiger partial charge in [-0.25, -0.2) is 4.79 Å². The van der Waals surface area contributed by atoms with Crippen LogP contribution >= 0.6 is 23.4 Å². The number of ether oxygens (including phenoxy) is 1. The highest BCUT2D eigenvalue weighted by atomic mass is 35.5. The molecular weight excluding hydrogens is 358 g/mol. The fraction of sp³-hybridized carbons (Fsp3) is 0.263. The van der Waals surface area contributed by atoms with Gasteiger partial charge in [0.2, 0.25) is 0 Å². The Kier molecular flexibility index (Phi) is 5.35. The SMILES string of the molecule is CSc1ccc(Cl)c(C(=O)OCC(=O)N2c3ccccc3C[C@@H]2C)c1. The molecule has 1 amide bonds. The molecule has 0 unspecified atom stereocenters. The molecule has 130 valence electrons. The molecular formula is C19H18ClNO3S. The van der Waals surface area contributed by atoms with Crippen molar-refractivity contribution < 1.29 is 14.3 Å². The number of hydrogen-bond donors (Lipinski definition) is 0. The molecule has 1 aliphatic heterocycles. The summed E-state index contributed by atoms with van der Waals surface area (Å²) in [5.74, 6) is -0.822. The number of anilines is 1. The van der Waals surface area contributed by atoms with E-state index in [0.29, 0.717) is 5.02 Å². The van der Waals surface area contributed by atoms with Crippen molar-refractivity contribution in [1.29, 1.82) is 0 Å². The number of carbonyl (C=O) groups excluding carboxylic acids is 2. The molecule has 0 aromatic heterocycles. The van der Waals surface area contributed by atoms with E-state index in [0.717, 1.165) is 22.6 Å². The minimum Gasteiger partial charge on any atom is -0.452 e. The predicted molar refractivity (Wildman–Crippen MR) is 101 cm³/mol. The van der Waals surface area contributed by atoms with Crippen molar-refractivity contribution in [2.75, 3.05) is 17.8 Å². The molecule has 1 atom stereocenters. The van der Waals surface area contributed by atoms with Gasteiger partial charge in [-0.05, 0) is 49.4 Å². The molecule has 0 spiro atoms. The first-order chi connectivity index (χ1) is 12.0. The Morgan fingerprint density at radius 1 is 1.28 bits per heavy atom. The third kappa shape index (κ3) is 3.67. The summed E-state index contributed by atoms with van der Waals surface area (Å²) in [5, 5.41) is 0.315. The fourth-order valence-corrected chi connectivity index (χ4v) is 3.64. The van der Waals surface area contributed by atoms with E-state index in [1.54, 1.807) is 17.0 Å². The van der Waals surface area contributed by atoms with Crippen molar-refractivity contribution >= 4 is 40.9 Å². The summed E-state index contributed by atoms with van der Waals surface area (Å²) in [6.07, 6.45) is 2.71. The summed E-state index contributed by atoms with van der Waals surface area (Å²) in [7, 11) is 0. The molecule has 0 fully saturated rings. The Balaban J connectivity index is 1.70. The zero-order chi connectivity index (χ0) is 18.0. The molecule has 0 bridgehead atoms. The maximum absolute atomic E-state index is 12.6. The Bertz CT molecular complexity index is 824. The summed E-state index contributed by atoms with van der Waals surface area (Å²) >= 11 is 7.58. The summed E-state index contributed by atoms with van der Waals surface area (Å²) in [6, 6.07) is 13.0. The van der Waals surface area contributed by atoms with Crippen LogP contribution in [-0.4, -0.2) is 30.8 Å². The number of nitrogens with zero attached hydrogens (tertiary/aromatic N) is 1. The van der Waals surface area contributed by atoms with Crippen LogP contribution in [0.5, 0.6) is 0 Å². The van der Waals surface area contributed by atoms with Gasteiger partial charge in [-0.2, -0.15) is 0 Å². The van der Waals surface area contributed by atoms with Gasteiger partial charge in [0.15, 0.2) is 6.61 Å². The largest absolute Gasteiger partial charge is 0.452 e. The van der Waals surface area contributed by atoms with Gasteiger partial charge in [0, 0.05) is 16.6 Å². The molecule has 2 aromatic carbocycles. The van der Waals surface area contributed by atoms with Crippen LogP contribution in [0.1, 0.15) is 22.8 Å². The second-order valence-corrected chi connectivity index (χ2v) is 7.15. The smallest absolute Gasteiger partial charge is 0.340 e. The zero-order valence-electron chi connectivity index (χ0n) is 14.0. The summed E-state index contributed by atoms with van der Waals surface area (Å²) in [6.45, 7) is 1.68.